The highest BCUT2D eigenvalue weighted by molar-refractivity contribution is 7.86. The lowest BCUT2D eigenvalue weighted by atomic mass is 10.1. The standard InChI is InChI=1S/C17H18O4S/c1-13-7-9-15(10-8-13)22(18,19)20-12-11-16-17(21-16)14-5-3-2-4-6-14/h2-10,16-17H,11-12H2,1H3/t16-,17-/m1/s1. The Kier molecular flexibility index (Phi) is 4.29. The van der Waals surface area contributed by atoms with Gasteiger partial charge >= 0.3 is 0 Å². The second-order valence-electron chi connectivity index (χ2n) is 5.38. The molecule has 3 rings (SSSR count). The molecule has 2 atom stereocenters. The molecule has 0 spiro atoms. The van der Waals surface area contributed by atoms with Gasteiger partial charge in [-0.2, -0.15) is 8.42 Å². The molecule has 2 aromatic rings. The second-order valence-corrected chi connectivity index (χ2v) is 7.00. The summed E-state index contributed by atoms with van der Waals surface area (Å²) >= 11 is 0. The lowest BCUT2D eigenvalue weighted by molar-refractivity contribution is 0.283. The molecule has 0 aromatic heterocycles. The van der Waals surface area contributed by atoms with Crippen molar-refractivity contribution in [3.05, 3.63) is 65.7 Å². The molecular weight excluding hydrogens is 300 g/mol. The van der Waals surface area contributed by atoms with E-state index < -0.39 is 10.1 Å². The molecule has 0 aliphatic carbocycles. The van der Waals surface area contributed by atoms with E-state index in [1.807, 2.05) is 37.3 Å². The van der Waals surface area contributed by atoms with Crippen LogP contribution < -0.4 is 0 Å². The van der Waals surface area contributed by atoms with Gasteiger partial charge in [-0.15, -0.1) is 0 Å². The maximum atomic E-state index is 12.0. The summed E-state index contributed by atoms with van der Waals surface area (Å²) in [5.74, 6) is 0. The third-order valence-electron chi connectivity index (χ3n) is 3.66. The lowest BCUT2D eigenvalue weighted by Crippen LogP contribution is -2.09. The van der Waals surface area contributed by atoms with Crippen LogP contribution in [0.2, 0.25) is 0 Å². The zero-order chi connectivity index (χ0) is 15.6. The Balaban J connectivity index is 1.51. The summed E-state index contributed by atoms with van der Waals surface area (Å²) in [4.78, 5) is 0.189. The predicted molar refractivity (Wildman–Crippen MR) is 83.0 cm³/mol. The van der Waals surface area contributed by atoms with E-state index in [4.69, 9.17) is 8.92 Å². The lowest BCUT2D eigenvalue weighted by Gasteiger charge is -2.05. The second kappa shape index (κ2) is 6.20. The predicted octanol–water partition coefficient (Wildman–Crippen LogP) is 3.23. The fourth-order valence-electron chi connectivity index (χ4n) is 2.35. The minimum absolute atomic E-state index is 0.0376. The third-order valence-corrected chi connectivity index (χ3v) is 4.99. The molecule has 1 saturated heterocycles. The van der Waals surface area contributed by atoms with Crippen LogP contribution in [0.25, 0.3) is 0 Å². The Morgan fingerprint density at radius 3 is 2.41 bits per heavy atom. The molecule has 116 valence electrons. The Morgan fingerprint density at radius 2 is 1.73 bits per heavy atom. The zero-order valence-corrected chi connectivity index (χ0v) is 13.1. The number of hydrogen-bond donors (Lipinski definition) is 0. The molecule has 4 nitrogen and oxygen atoms in total. The van der Waals surface area contributed by atoms with Gasteiger partial charge in [-0.05, 0) is 24.6 Å². The summed E-state index contributed by atoms with van der Waals surface area (Å²) in [6.07, 6.45) is 0.660. The van der Waals surface area contributed by atoms with E-state index in [2.05, 4.69) is 0 Å². The van der Waals surface area contributed by atoms with E-state index >= 15 is 0 Å². The number of aryl methyl sites for hydroxylation is 1. The molecule has 0 saturated carbocycles. The van der Waals surface area contributed by atoms with Gasteiger partial charge in [-0.25, -0.2) is 0 Å². The maximum Gasteiger partial charge on any atom is 0.296 e. The van der Waals surface area contributed by atoms with Crippen molar-refractivity contribution in [3.8, 4) is 0 Å². The topological polar surface area (TPSA) is 55.9 Å². The van der Waals surface area contributed by atoms with Crippen LogP contribution >= 0.6 is 0 Å². The Hall–Kier alpha value is -1.69. The molecule has 22 heavy (non-hydrogen) atoms. The van der Waals surface area contributed by atoms with E-state index in [1.165, 1.54) is 0 Å². The highest BCUT2D eigenvalue weighted by atomic mass is 32.2. The molecule has 5 heteroatoms. The van der Waals surface area contributed by atoms with Crippen molar-refractivity contribution in [1.29, 1.82) is 0 Å². The fourth-order valence-corrected chi connectivity index (χ4v) is 3.27. The van der Waals surface area contributed by atoms with Gasteiger partial charge in [0.1, 0.15) is 6.10 Å². The monoisotopic (exact) mass is 318 g/mol. The quantitative estimate of drug-likeness (QED) is 0.606. The van der Waals surface area contributed by atoms with Crippen molar-refractivity contribution in [2.24, 2.45) is 0 Å². The molecule has 1 fully saturated rings. The van der Waals surface area contributed by atoms with E-state index in [1.54, 1.807) is 24.3 Å². The van der Waals surface area contributed by atoms with Crippen molar-refractivity contribution < 1.29 is 17.3 Å². The third kappa shape index (κ3) is 3.55. The Bertz CT molecular complexity index is 723. The van der Waals surface area contributed by atoms with Gasteiger partial charge in [-0.1, -0.05) is 48.0 Å². The van der Waals surface area contributed by atoms with E-state index in [9.17, 15) is 8.42 Å². The van der Waals surface area contributed by atoms with Gasteiger partial charge in [0.05, 0.1) is 17.6 Å². The van der Waals surface area contributed by atoms with Crippen molar-refractivity contribution >= 4 is 10.1 Å². The molecule has 2 aromatic carbocycles. The normalized spacial score (nSPS) is 20.8. The first kappa shape index (κ1) is 15.2. The van der Waals surface area contributed by atoms with E-state index in [0.717, 1.165) is 11.1 Å². The van der Waals surface area contributed by atoms with Crippen LogP contribution in [0.1, 0.15) is 23.7 Å². The molecule has 0 N–H and O–H groups in total. The minimum Gasteiger partial charge on any atom is -0.364 e. The number of hydrogen-bond acceptors (Lipinski definition) is 4. The molecule has 1 aliphatic heterocycles. The van der Waals surface area contributed by atoms with Crippen LogP contribution in [-0.4, -0.2) is 21.1 Å². The minimum atomic E-state index is -3.68. The molecule has 0 unspecified atom stereocenters. The summed E-state index contributed by atoms with van der Waals surface area (Å²) in [7, 11) is -3.68. The van der Waals surface area contributed by atoms with Crippen molar-refractivity contribution in [1.82, 2.24) is 0 Å². The summed E-state index contributed by atoms with van der Waals surface area (Å²) in [5, 5.41) is 0. The number of ether oxygens (including phenoxy) is 1. The van der Waals surface area contributed by atoms with Gasteiger partial charge in [0.25, 0.3) is 10.1 Å². The first-order valence-electron chi connectivity index (χ1n) is 7.23. The first-order chi connectivity index (χ1) is 10.6. The Labute approximate surface area is 130 Å². The van der Waals surface area contributed by atoms with Crippen LogP contribution in [0.3, 0.4) is 0 Å². The fraction of sp³-hybridized carbons (Fsp3) is 0.294. The van der Waals surface area contributed by atoms with Crippen LogP contribution in [0.4, 0.5) is 0 Å². The molecule has 1 heterocycles. The largest absolute Gasteiger partial charge is 0.364 e. The van der Waals surface area contributed by atoms with Gasteiger partial charge in [0.15, 0.2) is 0 Å². The van der Waals surface area contributed by atoms with E-state index in [-0.39, 0.29) is 23.7 Å². The first-order valence-corrected chi connectivity index (χ1v) is 8.63. The van der Waals surface area contributed by atoms with Crippen LogP contribution in [-0.2, 0) is 19.0 Å². The zero-order valence-electron chi connectivity index (χ0n) is 12.3. The van der Waals surface area contributed by atoms with Gasteiger partial charge < -0.3 is 4.74 Å². The molecule has 0 radical (unpaired) electrons. The molecule has 1 aliphatic rings. The SMILES string of the molecule is Cc1ccc(S(=O)(=O)OCC[C@H]2O[C@@H]2c2ccccc2)cc1. The van der Waals surface area contributed by atoms with Gasteiger partial charge in [-0.3, -0.25) is 4.18 Å². The van der Waals surface area contributed by atoms with Crippen molar-refractivity contribution in [3.63, 3.8) is 0 Å². The number of benzene rings is 2. The molecular formula is C17H18O4S. The van der Waals surface area contributed by atoms with Crippen molar-refractivity contribution in [2.75, 3.05) is 6.61 Å². The maximum absolute atomic E-state index is 12.0. The van der Waals surface area contributed by atoms with Crippen LogP contribution in [0, 0.1) is 6.92 Å². The van der Waals surface area contributed by atoms with Gasteiger partial charge in [0, 0.05) is 6.42 Å². The summed E-state index contributed by atoms with van der Waals surface area (Å²) in [6, 6.07) is 16.5. The number of rotatable bonds is 6. The summed E-state index contributed by atoms with van der Waals surface area (Å²) in [6.45, 7) is 2.04. The average molecular weight is 318 g/mol. The molecule has 0 bridgehead atoms. The Morgan fingerprint density at radius 1 is 1.05 bits per heavy atom. The molecule has 0 amide bonds. The van der Waals surface area contributed by atoms with Crippen molar-refractivity contribution in [2.45, 2.75) is 30.4 Å². The summed E-state index contributed by atoms with van der Waals surface area (Å²) < 4.78 is 34.7. The highest BCUT2D eigenvalue weighted by Gasteiger charge is 2.39. The van der Waals surface area contributed by atoms with Crippen LogP contribution in [0.15, 0.2) is 59.5 Å². The van der Waals surface area contributed by atoms with Gasteiger partial charge in [0.2, 0.25) is 0 Å². The average Bonchev–Trinajstić information content (AvgIpc) is 3.28. The smallest absolute Gasteiger partial charge is 0.296 e. The highest BCUT2D eigenvalue weighted by Crippen LogP contribution is 2.40. The van der Waals surface area contributed by atoms with Crippen LogP contribution in [0.5, 0.6) is 0 Å². The van der Waals surface area contributed by atoms with E-state index in [0.29, 0.717) is 6.42 Å². The summed E-state index contributed by atoms with van der Waals surface area (Å²) in [5.41, 5.74) is 2.13. The number of epoxide rings is 1.